The Morgan fingerprint density at radius 1 is 0.857 bits per heavy atom. The van der Waals surface area contributed by atoms with E-state index in [1.54, 1.807) is 0 Å². The summed E-state index contributed by atoms with van der Waals surface area (Å²) in [5, 5.41) is 2.75. The predicted octanol–water partition coefficient (Wildman–Crippen LogP) is 4.69. The average Bonchev–Trinajstić information content (AvgIpc) is 2.61. The number of unbranched alkanes of at least 4 members (excludes halogenated alkanes) is 11. The molecule has 0 aliphatic heterocycles. The Bertz CT molecular complexity index is 481. The minimum atomic E-state index is -3.94. The monoisotopic (exact) mass is 442 g/mol. The summed E-state index contributed by atoms with van der Waals surface area (Å²) in [5.74, 6) is -0.254. The number of Topliss-reactive ketones (excluding diaryl/α,β-unsaturated/α-hetero) is 1. The molecular formula is C21H41KNO4S. The fourth-order valence-electron chi connectivity index (χ4n) is 2.91. The van der Waals surface area contributed by atoms with E-state index >= 15 is 0 Å². The fraction of sp³-hybridized carbons (Fsp3) is 0.857. The second-order valence-corrected chi connectivity index (χ2v) is 8.91. The first-order valence-corrected chi connectivity index (χ1v) is 12.4. The number of rotatable bonds is 20. The van der Waals surface area contributed by atoms with Gasteiger partial charge in [0.15, 0.2) is 0 Å². The summed E-state index contributed by atoms with van der Waals surface area (Å²) in [5.41, 5.74) is 0. The van der Waals surface area contributed by atoms with Crippen molar-refractivity contribution in [3.8, 4) is 0 Å². The third kappa shape index (κ3) is 26.9. The molecule has 7 heteroatoms. The summed E-state index contributed by atoms with van der Waals surface area (Å²) in [6.45, 7) is 2.54. The van der Waals surface area contributed by atoms with Crippen LogP contribution in [0.4, 0.5) is 0 Å². The van der Waals surface area contributed by atoms with E-state index < -0.39 is 10.1 Å². The molecule has 0 aliphatic carbocycles. The summed E-state index contributed by atoms with van der Waals surface area (Å²) >= 11 is 0. The quantitative estimate of drug-likeness (QED) is 0.124. The van der Waals surface area contributed by atoms with Crippen molar-refractivity contribution in [1.29, 1.82) is 0 Å². The Kier molecular flexibility index (Phi) is 25.1. The molecular weight excluding hydrogens is 401 g/mol. The van der Waals surface area contributed by atoms with Crippen LogP contribution in [0, 0.1) is 0 Å². The molecule has 0 spiro atoms. The third-order valence-corrected chi connectivity index (χ3v) is 5.30. The van der Waals surface area contributed by atoms with Crippen LogP contribution in [-0.2, 0) is 14.9 Å². The Morgan fingerprint density at radius 2 is 1.36 bits per heavy atom. The first-order valence-electron chi connectivity index (χ1n) is 10.8. The van der Waals surface area contributed by atoms with Gasteiger partial charge < -0.3 is 5.32 Å². The van der Waals surface area contributed by atoms with Crippen molar-refractivity contribution in [2.75, 3.05) is 18.8 Å². The van der Waals surface area contributed by atoms with Gasteiger partial charge in [-0.1, -0.05) is 70.4 Å². The second-order valence-electron chi connectivity index (χ2n) is 7.34. The zero-order chi connectivity index (χ0) is 20.2. The molecule has 0 bridgehead atoms. The molecule has 0 aliphatic rings. The smallest absolute Gasteiger partial charge is 0.266 e. The van der Waals surface area contributed by atoms with Crippen LogP contribution in [0.3, 0.4) is 0 Å². The standard InChI is InChI=1S/C21H41NO4S.K/c1-2-3-4-5-6-7-8-9-10-11-12-13-14-15-16-17-21(23)20-22-18-19-27(24,25)26;/h9-10,22H,2-8,11-20H2,1H3,(H,24,25,26);. The Labute approximate surface area is 216 Å². The van der Waals surface area contributed by atoms with Gasteiger partial charge >= 0.3 is 0 Å². The molecule has 0 rings (SSSR count). The van der Waals surface area contributed by atoms with Crippen LogP contribution < -0.4 is 5.32 Å². The Morgan fingerprint density at radius 3 is 1.89 bits per heavy atom. The van der Waals surface area contributed by atoms with E-state index in [2.05, 4.69) is 24.4 Å². The van der Waals surface area contributed by atoms with E-state index in [1.165, 1.54) is 57.8 Å². The van der Waals surface area contributed by atoms with Gasteiger partial charge in [0.2, 0.25) is 0 Å². The number of hydrogen-bond acceptors (Lipinski definition) is 4. The minimum absolute atomic E-state index is 0. The van der Waals surface area contributed by atoms with Gasteiger partial charge in [0.05, 0.1) is 12.3 Å². The topological polar surface area (TPSA) is 83.5 Å². The molecule has 0 atom stereocenters. The van der Waals surface area contributed by atoms with Crippen molar-refractivity contribution >= 4 is 67.3 Å². The van der Waals surface area contributed by atoms with Crippen molar-refractivity contribution < 1.29 is 17.8 Å². The van der Waals surface area contributed by atoms with E-state index in [9.17, 15) is 13.2 Å². The normalized spacial score (nSPS) is 11.6. The van der Waals surface area contributed by atoms with Gasteiger partial charge in [-0.2, -0.15) is 8.42 Å². The van der Waals surface area contributed by atoms with Gasteiger partial charge in [-0.15, -0.1) is 0 Å². The van der Waals surface area contributed by atoms with Gasteiger partial charge in [-0.05, 0) is 32.1 Å². The first kappa shape index (κ1) is 31.1. The summed E-state index contributed by atoms with van der Waals surface area (Å²) in [6.07, 6.45) is 21.2. The molecule has 0 amide bonds. The van der Waals surface area contributed by atoms with Crippen molar-refractivity contribution in [2.45, 2.75) is 96.8 Å². The molecule has 1 radical (unpaired) electrons. The molecule has 2 N–H and O–H groups in total. The largest absolute Gasteiger partial charge is 0.309 e. The molecule has 0 saturated carbocycles. The summed E-state index contributed by atoms with van der Waals surface area (Å²) in [7, 11) is -3.94. The van der Waals surface area contributed by atoms with Crippen LogP contribution in [0.5, 0.6) is 0 Å². The van der Waals surface area contributed by atoms with Crippen molar-refractivity contribution in [3.63, 3.8) is 0 Å². The van der Waals surface area contributed by atoms with Gasteiger partial charge in [-0.25, -0.2) is 0 Å². The first-order chi connectivity index (χ1) is 13.0. The third-order valence-electron chi connectivity index (χ3n) is 4.58. The van der Waals surface area contributed by atoms with E-state index in [-0.39, 0.29) is 76.0 Å². The molecule has 161 valence electrons. The van der Waals surface area contributed by atoms with Crippen molar-refractivity contribution in [3.05, 3.63) is 12.2 Å². The summed E-state index contributed by atoms with van der Waals surface area (Å²) in [4.78, 5) is 11.6. The van der Waals surface area contributed by atoms with Crippen LogP contribution in [0.15, 0.2) is 12.2 Å². The predicted molar refractivity (Wildman–Crippen MR) is 119 cm³/mol. The van der Waals surface area contributed by atoms with E-state index in [1.807, 2.05) is 0 Å². The zero-order valence-electron chi connectivity index (χ0n) is 18.3. The molecule has 0 aromatic carbocycles. The Hall–Kier alpha value is 0.916. The van der Waals surface area contributed by atoms with Crippen molar-refractivity contribution in [2.24, 2.45) is 0 Å². The molecule has 0 aromatic heterocycles. The molecule has 5 nitrogen and oxygen atoms in total. The van der Waals surface area contributed by atoms with Gasteiger partial charge in [0, 0.05) is 64.4 Å². The molecule has 28 heavy (non-hydrogen) atoms. The van der Waals surface area contributed by atoms with Gasteiger partial charge in [-0.3, -0.25) is 9.35 Å². The van der Waals surface area contributed by atoms with E-state index in [4.69, 9.17) is 4.55 Å². The minimum Gasteiger partial charge on any atom is -0.309 e. The van der Waals surface area contributed by atoms with Crippen molar-refractivity contribution in [1.82, 2.24) is 5.32 Å². The molecule has 0 heterocycles. The zero-order valence-corrected chi connectivity index (χ0v) is 22.2. The number of carbonyl (C=O) groups excluding carboxylic acids is 1. The maximum atomic E-state index is 11.6. The maximum Gasteiger partial charge on any atom is 0.266 e. The van der Waals surface area contributed by atoms with Crippen LogP contribution in [0.1, 0.15) is 96.8 Å². The molecule has 0 unspecified atom stereocenters. The Balaban J connectivity index is 0. The van der Waals surface area contributed by atoms with Crippen LogP contribution >= 0.6 is 0 Å². The summed E-state index contributed by atoms with van der Waals surface area (Å²) in [6, 6.07) is 0. The number of carbonyl (C=O) groups is 1. The number of allylic oxidation sites excluding steroid dienone is 2. The van der Waals surface area contributed by atoms with Crippen LogP contribution in [-0.4, -0.2) is 89.0 Å². The summed E-state index contributed by atoms with van der Waals surface area (Å²) < 4.78 is 29.6. The molecule has 0 saturated heterocycles. The number of hydrogen-bond donors (Lipinski definition) is 2. The number of ketones is 1. The van der Waals surface area contributed by atoms with E-state index in [0.717, 1.165) is 25.7 Å². The van der Waals surface area contributed by atoms with Crippen LogP contribution in [0.2, 0.25) is 0 Å². The average molecular weight is 443 g/mol. The van der Waals surface area contributed by atoms with E-state index in [0.29, 0.717) is 6.42 Å². The number of nitrogens with one attached hydrogen (secondary N) is 1. The van der Waals surface area contributed by atoms with Gasteiger partial charge in [0.25, 0.3) is 10.1 Å². The molecule has 0 fully saturated rings. The van der Waals surface area contributed by atoms with Gasteiger partial charge in [0.1, 0.15) is 5.78 Å². The molecule has 0 aromatic rings. The fourth-order valence-corrected chi connectivity index (χ4v) is 3.31. The maximum absolute atomic E-state index is 11.6. The SMILES string of the molecule is CCCCCCCCC=CCCCCCCCC(=O)CNCCS(=O)(=O)O.[K]. The van der Waals surface area contributed by atoms with Crippen LogP contribution in [0.25, 0.3) is 0 Å². The second kappa shape index (κ2) is 22.6.